The van der Waals surface area contributed by atoms with Crippen LogP contribution in [0.4, 0.5) is 0 Å². The zero-order chi connectivity index (χ0) is 11.8. The number of fused-ring (bicyclic) bond motifs is 1. The second-order valence-electron chi connectivity index (χ2n) is 3.31. The largest absolute Gasteiger partial charge is 0.244 e. The van der Waals surface area contributed by atoms with Crippen LogP contribution in [0.1, 0.15) is 0 Å². The molecular weight excluding hydrogens is 261 g/mol. The Morgan fingerprint density at radius 3 is 2.82 bits per heavy atom. The van der Waals surface area contributed by atoms with Gasteiger partial charge in [0, 0.05) is 18.5 Å². The molecule has 0 saturated heterocycles. The van der Waals surface area contributed by atoms with E-state index in [0.717, 1.165) is 11.1 Å². The van der Waals surface area contributed by atoms with Crippen LogP contribution >= 0.6 is 23.2 Å². The quantitative estimate of drug-likeness (QED) is 0.501. The molecule has 0 aromatic carbocycles. The van der Waals surface area contributed by atoms with Crippen molar-refractivity contribution in [2.75, 3.05) is 0 Å². The van der Waals surface area contributed by atoms with Gasteiger partial charge in [-0.3, -0.25) is 0 Å². The van der Waals surface area contributed by atoms with Crippen molar-refractivity contribution >= 4 is 34.2 Å². The van der Waals surface area contributed by atoms with Gasteiger partial charge in [0.25, 0.3) is 0 Å². The van der Waals surface area contributed by atoms with Gasteiger partial charge in [-0.2, -0.15) is 10.1 Å². The molecule has 0 atom stereocenters. The molecule has 0 aliphatic heterocycles. The van der Waals surface area contributed by atoms with E-state index in [4.69, 9.17) is 23.2 Å². The van der Waals surface area contributed by atoms with E-state index >= 15 is 0 Å². The lowest BCUT2D eigenvalue weighted by Gasteiger charge is -2.02. The first-order valence-electron chi connectivity index (χ1n) is 4.72. The van der Waals surface area contributed by atoms with E-state index < -0.39 is 0 Å². The van der Waals surface area contributed by atoms with Gasteiger partial charge in [-0.15, -0.1) is 0 Å². The van der Waals surface area contributed by atoms with Gasteiger partial charge < -0.3 is 0 Å². The molecule has 0 fully saturated rings. The predicted molar refractivity (Wildman–Crippen MR) is 64.5 cm³/mol. The third-order valence-corrected chi connectivity index (χ3v) is 2.62. The Kier molecular flexibility index (Phi) is 2.42. The molecule has 5 nitrogen and oxygen atoms in total. The molecule has 3 heterocycles. The lowest BCUT2D eigenvalue weighted by molar-refractivity contribution is 0.892. The van der Waals surface area contributed by atoms with Crippen LogP contribution in [0, 0.1) is 0 Å². The number of hydrogen-bond donors (Lipinski definition) is 0. The van der Waals surface area contributed by atoms with E-state index in [0.29, 0.717) is 10.8 Å². The Morgan fingerprint density at radius 2 is 2.00 bits per heavy atom. The summed E-state index contributed by atoms with van der Waals surface area (Å²) in [5, 5.41) is 5.60. The minimum Gasteiger partial charge on any atom is -0.244 e. The smallest absolute Gasteiger partial charge is 0.224 e. The van der Waals surface area contributed by atoms with Crippen LogP contribution in [0.5, 0.6) is 0 Å². The third-order valence-electron chi connectivity index (χ3n) is 2.23. The predicted octanol–water partition coefficient (Wildman–Crippen LogP) is 2.52. The number of pyridine rings is 1. The fourth-order valence-corrected chi connectivity index (χ4v) is 1.81. The van der Waals surface area contributed by atoms with Gasteiger partial charge in [0.05, 0.1) is 17.3 Å². The maximum atomic E-state index is 5.83. The minimum atomic E-state index is 0.180. The molecule has 0 aliphatic carbocycles. The summed E-state index contributed by atoms with van der Waals surface area (Å²) in [7, 11) is 0. The van der Waals surface area contributed by atoms with Crippen molar-refractivity contribution in [2.24, 2.45) is 0 Å². The summed E-state index contributed by atoms with van der Waals surface area (Å²) in [6.07, 6.45) is 4.89. The zero-order valence-electron chi connectivity index (χ0n) is 8.38. The highest BCUT2D eigenvalue weighted by molar-refractivity contribution is 6.29. The lowest BCUT2D eigenvalue weighted by Crippen LogP contribution is -1.98. The maximum absolute atomic E-state index is 5.83. The second-order valence-corrected chi connectivity index (χ2v) is 4.04. The lowest BCUT2D eigenvalue weighted by atomic mass is 10.4. The van der Waals surface area contributed by atoms with Crippen molar-refractivity contribution in [3.8, 4) is 5.69 Å². The van der Waals surface area contributed by atoms with E-state index in [1.54, 1.807) is 35.4 Å². The van der Waals surface area contributed by atoms with Crippen molar-refractivity contribution in [3.05, 3.63) is 41.2 Å². The highest BCUT2D eigenvalue weighted by atomic mass is 35.5. The first-order chi connectivity index (χ1) is 8.24. The number of halogens is 2. The molecule has 0 saturated carbocycles. The van der Waals surface area contributed by atoms with Crippen LogP contribution < -0.4 is 0 Å². The summed E-state index contributed by atoms with van der Waals surface area (Å²) in [6, 6.07) is 3.48. The minimum absolute atomic E-state index is 0.180. The van der Waals surface area contributed by atoms with Gasteiger partial charge in [-0.25, -0.2) is 14.6 Å². The molecule has 0 N–H and O–H groups in total. The zero-order valence-corrected chi connectivity index (χ0v) is 9.89. The molecule has 0 bridgehead atoms. The summed E-state index contributed by atoms with van der Waals surface area (Å²) in [4.78, 5) is 11.9. The number of hydrogen-bond acceptors (Lipinski definition) is 4. The Morgan fingerprint density at radius 1 is 1.12 bits per heavy atom. The van der Waals surface area contributed by atoms with Gasteiger partial charge in [0.15, 0.2) is 5.65 Å². The van der Waals surface area contributed by atoms with Gasteiger partial charge in [-0.1, -0.05) is 11.6 Å². The fourth-order valence-electron chi connectivity index (χ4n) is 1.51. The monoisotopic (exact) mass is 265 g/mol. The maximum Gasteiger partial charge on any atom is 0.224 e. The Balaban J connectivity index is 2.27. The molecule has 3 aromatic rings. The standard InChI is InChI=1S/C10H5Cl2N5/c11-8-3-7(1-2-13-8)17-9-6(5-15-17)4-14-10(12)16-9/h1-5H. The molecule has 7 heteroatoms. The van der Waals surface area contributed by atoms with Crippen molar-refractivity contribution in [1.82, 2.24) is 24.7 Å². The summed E-state index contributed by atoms with van der Waals surface area (Å²) < 4.78 is 1.64. The molecule has 0 spiro atoms. The van der Waals surface area contributed by atoms with E-state index in [-0.39, 0.29) is 5.28 Å². The van der Waals surface area contributed by atoms with E-state index in [1.807, 2.05) is 0 Å². The van der Waals surface area contributed by atoms with Crippen molar-refractivity contribution in [2.45, 2.75) is 0 Å². The first kappa shape index (κ1) is 10.4. The van der Waals surface area contributed by atoms with Crippen LogP contribution in [0.15, 0.2) is 30.7 Å². The molecule has 3 rings (SSSR count). The summed E-state index contributed by atoms with van der Waals surface area (Å²) in [5.41, 5.74) is 1.40. The van der Waals surface area contributed by atoms with Gasteiger partial charge in [-0.05, 0) is 17.7 Å². The summed E-state index contributed by atoms with van der Waals surface area (Å²) in [6.45, 7) is 0. The Bertz CT molecular complexity index is 694. The third kappa shape index (κ3) is 1.83. The highest BCUT2D eigenvalue weighted by Gasteiger charge is 2.08. The number of rotatable bonds is 1. The highest BCUT2D eigenvalue weighted by Crippen LogP contribution is 2.18. The van der Waals surface area contributed by atoms with Crippen LogP contribution in [0.3, 0.4) is 0 Å². The van der Waals surface area contributed by atoms with Gasteiger partial charge in [0.2, 0.25) is 5.28 Å². The topological polar surface area (TPSA) is 56.5 Å². The summed E-state index contributed by atoms with van der Waals surface area (Å²) >= 11 is 11.6. The average Bonchev–Trinajstić information content (AvgIpc) is 2.71. The van der Waals surface area contributed by atoms with Crippen LogP contribution in [-0.2, 0) is 0 Å². The number of aromatic nitrogens is 5. The fraction of sp³-hybridized carbons (Fsp3) is 0. The van der Waals surface area contributed by atoms with Crippen molar-refractivity contribution in [3.63, 3.8) is 0 Å². The Labute approximate surface area is 106 Å². The van der Waals surface area contributed by atoms with Gasteiger partial charge >= 0.3 is 0 Å². The number of nitrogens with zero attached hydrogens (tertiary/aromatic N) is 5. The van der Waals surface area contributed by atoms with E-state index in [1.165, 1.54) is 0 Å². The molecule has 17 heavy (non-hydrogen) atoms. The molecule has 0 amide bonds. The van der Waals surface area contributed by atoms with Crippen LogP contribution in [0.2, 0.25) is 10.4 Å². The molecule has 84 valence electrons. The summed E-state index contributed by atoms with van der Waals surface area (Å²) in [5.74, 6) is 0. The molecule has 0 radical (unpaired) electrons. The SMILES string of the molecule is Clc1cc(-n2ncc3cnc(Cl)nc32)ccn1. The van der Waals surface area contributed by atoms with E-state index in [2.05, 4.69) is 20.1 Å². The van der Waals surface area contributed by atoms with Crippen LogP contribution in [-0.4, -0.2) is 24.7 Å². The van der Waals surface area contributed by atoms with E-state index in [9.17, 15) is 0 Å². The Hall–Kier alpha value is -1.72. The average molecular weight is 266 g/mol. The molecular formula is C10H5Cl2N5. The normalized spacial score (nSPS) is 10.9. The molecule has 0 unspecified atom stereocenters. The second kappa shape index (κ2) is 3.94. The van der Waals surface area contributed by atoms with Crippen LogP contribution in [0.25, 0.3) is 16.7 Å². The molecule has 0 aliphatic rings. The van der Waals surface area contributed by atoms with Crippen molar-refractivity contribution in [1.29, 1.82) is 0 Å². The first-order valence-corrected chi connectivity index (χ1v) is 5.48. The van der Waals surface area contributed by atoms with Gasteiger partial charge in [0.1, 0.15) is 5.15 Å². The van der Waals surface area contributed by atoms with Crippen molar-refractivity contribution < 1.29 is 0 Å². The molecule has 3 aromatic heterocycles.